The minimum atomic E-state index is -0.0156. The van der Waals surface area contributed by atoms with Crippen LogP contribution < -0.4 is 5.32 Å². The summed E-state index contributed by atoms with van der Waals surface area (Å²) in [6, 6.07) is 2.18. The van der Waals surface area contributed by atoms with E-state index in [1.165, 1.54) is 0 Å². The van der Waals surface area contributed by atoms with Gasteiger partial charge in [0.2, 0.25) is 0 Å². The minimum absolute atomic E-state index is 0. The second kappa shape index (κ2) is 8.84. The van der Waals surface area contributed by atoms with E-state index in [9.17, 15) is 4.79 Å². The number of nitrogens with zero attached hydrogens (tertiary/aromatic N) is 5. The number of carbonyl (C=O) groups excluding carboxylic acids is 1. The van der Waals surface area contributed by atoms with Gasteiger partial charge in [-0.05, 0) is 31.9 Å². The molecule has 0 radical (unpaired) electrons. The fraction of sp³-hybridized carbons (Fsp3) is 0.562. The smallest absolute Gasteiger partial charge is 0.274 e. The van der Waals surface area contributed by atoms with E-state index in [1.807, 2.05) is 34.8 Å². The maximum Gasteiger partial charge on any atom is 0.274 e. The number of hydrogen-bond donors (Lipinski definition) is 1. The van der Waals surface area contributed by atoms with Crippen LogP contribution in [0.15, 0.2) is 31.0 Å². The zero-order valence-electron chi connectivity index (χ0n) is 14.0. The number of aryl methyl sites for hydroxylation is 1. The predicted molar refractivity (Wildman–Crippen MR) is 94.4 cm³/mol. The zero-order valence-corrected chi connectivity index (χ0v) is 14.8. The molecular formula is C16H25ClN6O. The van der Waals surface area contributed by atoms with E-state index in [0.717, 1.165) is 38.9 Å². The molecule has 8 heteroatoms. The maximum absolute atomic E-state index is 12.4. The van der Waals surface area contributed by atoms with Crippen LogP contribution in [0, 0.1) is 0 Å². The first kappa shape index (κ1) is 18.5. The Morgan fingerprint density at radius 3 is 3.04 bits per heavy atom. The normalized spacial score (nSPS) is 17.3. The molecule has 132 valence electrons. The van der Waals surface area contributed by atoms with Gasteiger partial charge in [0.05, 0.1) is 12.4 Å². The fourth-order valence-electron chi connectivity index (χ4n) is 2.92. The highest BCUT2D eigenvalue weighted by molar-refractivity contribution is 5.91. The highest BCUT2D eigenvalue weighted by Gasteiger charge is 2.19. The molecule has 3 heterocycles. The van der Waals surface area contributed by atoms with Gasteiger partial charge in [-0.25, -0.2) is 4.98 Å². The molecule has 1 atom stereocenters. The molecule has 24 heavy (non-hydrogen) atoms. The summed E-state index contributed by atoms with van der Waals surface area (Å²) in [5.74, 6) is -0.0156. The second-order valence-electron chi connectivity index (χ2n) is 6.06. The van der Waals surface area contributed by atoms with Crippen molar-refractivity contribution in [1.29, 1.82) is 0 Å². The third kappa shape index (κ3) is 4.58. The molecule has 0 spiro atoms. The van der Waals surface area contributed by atoms with Crippen molar-refractivity contribution < 1.29 is 4.79 Å². The van der Waals surface area contributed by atoms with Gasteiger partial charge in [0.15, 0.2) is 0 Å². The van der Waals surface area contributed by atoms with E-state index in [4.69, 9.17) is 0 Å². The first-order valence-corrected chi connectivity index (χ1v) is 8.21. The number of hydrogen-bond acceptors (Lipinski definition) is 4. The van der Waals surface area contributed by atoms with E-state index >= 15 is 0 Å². The highest BCUT2D eigenvalue weighted by Crippen LogP contribution is 2.16. The van der Waals surface area contributed by atoms with Crippen molar-refractivity contribution >= 4 is 18.3 Å². The van der Waals surface area contributed by atoms with Crippen LogP contribution in [0.4, 0.5) is 0 Å². The van der Waals surface area contributed by atoms with Crippen molar-refractivity contribution in [2.75, 3.05) is 26.7 Å². The third-order valence-corrected chi connectivity index (χ3v) is 4.29. The molecule has 7 nitrogen and oxygen atoms in total. The molecule has 1 amide bonds. The van der Waals surface area contributed by atoms with Crippen molar-refractivity contribution in [3.05, 3.63) is 36.7 Å². The fourth-order valence-corrected chi connectivity index (χ4v) is 2.92. The van der Waals surface area contributed by atoms with Crippen molar-refractivity contribution in [2.45, 2.75) is 31.8 Å². The Bertz CT molecular complexity index is 620. The molecule has 2 aromatic rings. The highest BCUT2D eigenvalue weighted by atomic mass is 35.5. The van der Waals surface area contributed by atoms with Crippen molar-refractivity contribution in [1.82, 2.24) is 29.5 Å². The van der Waals surface area contributed by atoms with Crippen LogP contribution >= 0.6 is 12.4 Å². The Hall–Kier alpha value is -1.86. The number of nitrogens with one attached hydrogen (secondary N) is 1. The number of imidazole rings is 1. The Kier molecular flexibility index (Phi) is 6.81. The Balaban J connectivity index is 0.00000208. The molecule has 2 aromatic heterocycles. The summed E-state index contributed by atoms with van der Waals surface area (Å²) >= 11 is 0. The number of piperidine rings is 1. The lowest BCUT2D eigenvalue weighted by Gasteiger charge is -2.23. The topological polar surface area (TPSA) is 68.0 Å². The number of amides is 1. The monoisotopic (exact) mass is 352 g/mol. The minimum Gasteiger partial charge on any atom is -0.340 e. The van der Waals surface area contributed by atoms with Crippen LogP contribution in [0.2, 0.25) is 0 Å². The summed E-state index contributed by atoms with van der Waals surface area (Å²) in [6.45, 7) is 3.56. The van der Waals surface area contributed by atoms with Gasteiger partial charge in [-0.2, -0.15) is 5.10 Å². The van der Waals surface area contributed by atoms with Crippen LogP contribution in [-0.2, 0) is 6.54 Å². The molecular weight excluding hydrogens is 328 g/mol. The summed E-state index contributed by atoms with van der Waals surface area (Å²) in [6.07, 6.45) is 10.6. The number of carbonyl (C=O) groups is 1. The average Bonchev–Trinajstić information content (AvgIpc) is 3.26. The van der Waals surface area contributed by atoms with Gasteiger partial charge < -0.3 is 14.8 Å². The Labute approximate surface area is 148 Å². The average molecular weight is 353 g/mol. The van der Waals surface area contributed by atoms with E-state index in [1.54, 1.807) is 17.4 Å². The molecule has 1 unspecified atom stereocenters. The van der Waals surface area contributed by atoms with Crippen molar-refractivity contribution in [2.24, 2.45) is 0 Å². The molecule has 1 N–H and O–H groups in total. The Morgan fingerprint density at radius 2 is 2.33 bits per heavy atom. The van der Waals surface area contributed by atoms with E-state index in [-0.39, 0.29) is 18.3 Å². The van der Waals surface area contributed by atoms with Gasteiger partial charge in [-0.1, -0.05) is 0 Å². The lowest BCUT2D eigenvalue weighted by molar-refractivity contribution is 0.0784. The molecule has 1 aliphatic rings. The first-order chi connectivity index (χ1) is 11.2. The van der Waals surface area contributed by atoms with Crippen LogP contribution in [0.25, 0.3) is 0 Å². The van der Waals surface area contributed by atoms with E-state index < -0.39 is 0 Å². The summed E-state index contributed by atoms with van der Waals surface area (Å²) in [4.78, 5) is 18.2. The van der Waals surface area contributed by atoms with Crippen LogP contribution in [-0.4, -0.2) is 56.8 Å². The summed E-state index contributed by atoms with van der Waals surface area (Å²) < 4.78 is 3.95. The lowest BCUT2D eigenvalue weighted by Crippen LogP contribution is -2.32. The molecule has 0 aromatic carbocycles. The van der Waals surface area contributed by atoms with Crippen molar-refractivity contribution in [3.63, 3.8) is 0 Å². The van der Waals surface area contributed by atoms with Crippen LogP contribution in [0.3, 0.4) is 0 Å². The zero-order chi connectivity index (χ0) is 16.1. The van der Waals surface area contributed by atoms with Gasteiger partial charge in [-0.3, -0.25) is 9.48 Å². The third-order valence-electron chi connectivity index (χ3n) is 4.29. The van der Waals surface area contributed by atoms with E-state index in [2.05, 4.69) is 15.4 Å². The number of halogens is 1. The van der Waals surface area contributed by atoms with Gasteiger partial charge >= 0.3 is 0 Å². The standard InChI is InChI=1S/C16H24N6O.ClH/c1-20(8-3-9-21-11-7-18-13-21)16(23)15-5-10-22(19-15)14-4-2-6-17-12-14;/h5,7,10-11,13-14,17H,2-4,6,8-9,12H2,1H3;1H. The molecule has 0 aliphatic carbocycles. The van der Waals surface area contributed by atoms with Gasteiger partial charge in [0, 0.05) is 45.3 Å². The molecule has 0 saturated carbocycles. The quantitative estimate of drug-likeness (QED) is 0.857. The number of rotatable bonds is 6. The first-order valence-electron chi connectivity index (χ1n) is 8.21. The van der Waals surface area contributed by atoms with Gasteiger partial charge in [-0.15, -0.1) is 12.4 Å². The van der Waals surface area contributed by atoms with Crippen LogP contribution in [0.1, 0.15) is 35.8 Å². The van der Waals surface area contributed by atoms with Gasteiger partial charge in [0.25, 0.3) is 5.91 Å². The molecule has 1 aliphatic heterocycles. The van der Waals surface area contributed by atoms with Gasteiger partial charge in [0.1, 0.15) is 5.69 Å². The van der Waals surface area contributed by atoms with Crippen LogP contribution in [0.5, 0.6) is 0 Å². The molecule has 1 saturated heterocycles. The summed E-state index contributed by atoms with van der Waals surface area (Å²) in [5.41, 5.74) is 0.528. The molecule has 0 bridgehead atoms. The summed E-state index contributed by atoms with van der Waals surface area (Å²) in [7, 11) is 1.83. The van der Waals surface area contributed by atoms with E-state index in [0.29, 0.717) is 18.3 Å². The number of aromatic nitrogens is 4. The summed E-state index contributed by atoms with van der Waals surface area (Å²) in [5, 5.41) is 7.86. The lowest BCUT2D eigenvalue weighted by atomic mass is 10.1. The second-order valence-corrected chi connectivity index (χ2v) is 6.06. The molecule has 3 rings (SSSR count). The maximum atomic E-state index is 12.4. The van der Waals surface area contributed by atoms with Crippen molar-refractivity contribution in [3.8, 4) is 0 Å². The Morgan fingerprint density at radius 1 is 1.46 bits per heavy atom. The predicted octanol–water partition coefficient (Wildman–Crippen LogP) is 1.59. The SMILES string of the molecule is CN(CCCn1ccnc1)C(=O)c1ccn(C2CCCNC2)n1.Cl. The molecule has 1 fully saturated rings. The largest absolute Gasteiger partial charge is 0.340 e.